The van der Waals surface area contributed by atoms with E-state index in [4.69, 9.17) is 0 Å². The molecule has 2 aliphatic rings. The Morgan fingerprint density at radius 1 is 1.28 bits per heavy atom. The van der Waals surface area contributed by atoms with Gasteiger partial charge in [-0.15, -0.1) is 0 Å². The standard InChI is InChI=1S/C12H25N3O2S/c1-10-4-3-7-15(9-10)18(16,17)14-12-8-13-6-5-11(12)2/h10-14H,3-9H2,1-2H3/t10-,11+,12+/m1/s1. The summed E-state index contributed by atoms with van der Waals surface area (Å²) < 4.78 is 29.1. The molecule has 2 heterocycles. The lowest BCUT2D eigenvalue weighted by molar-refractivity contribution is 0.267. The predicted octanol–water partition coefficient (Wildman–Crippen LogP) is 0.551. The summed E-state index contributed by atoms with van der Waals surface area (Å²) in [6, 6.07) is 0.0287. The van der Waals surface area contributed by atoms with E-state index in [1.807, 2.05) is 0 Å². The molecule has 18 heavy (non-hydrogen) atoms. The lowest BCUT2D eigenvalue weighted by Crippen LogP contribution is -2.55. The maximum absolute atomic E-state index is 12.3. The van der Waals surface area contributed by atoms with Crippen molar-refractivity contribution in [1.29, 1.82) is 0 Å². The summed E-state index contributed by atoms with van der Waals surface area (Å²) in [4.78, 5) is 0. The fourth-order valence-electron chi connectivity index (χ4n) is 2.78. The largest absolute Gasteiger partial charge is 0.315 e. The van der Waals surface area contributed by atoms with Crippen molar-refractivity contribution < 1.29 is 8.42 Å². The second-order valence-electron chi connectivity index (χ2n) is 5.80. The number of nitrogens with one attached hydrogen (secondary N) is 2. The van der Waals surface area contributed by atoms with Gasteiger partial charge in [-0.05, 0) is 37.6 Å². The third-order valence-corrected chi connectivity index (χ3v) is 5.70. The van der Waals surface area contributed by atoms with Crippen LogP contribution in [0, 0.1) is 11.8 Å². The summed E-state index contributed by atoms with van der Waals surface area (Å²) in [5, 5.41) is 3.25. The quantitative estimate of drug-likeness (QED) is 0.791. The van der Waals surface area contributed by atoms with Gasteiger partial charge in [-0.1, -0.05) is 13.8 Å². The van der Waals surface area contributed by atoms with Crippen LogP contribution in [0.3, 0.4) is 0 Å². The van der Waals surface area contributed by atoms with Gasteiger partial charge < -0.3 is 5.32 Å². The molecule has 0 saturated carbocycles. The van der Waals surface area contributed by atoms with Crippen molar-refractivity contribution in [1.82, 2.24) is 14.3 Å². The molecule has 2 fully saturated rings. The summed E-state index contributed by atoms with van der Waals surface area (Å²) in [5.41, 5.74) is 0. The molecule has 106 valence electrons. The van der Waals surface area contributed by atoms with Gasteiger partial charge >= 0.3 is 0 Å². The van der Waals surface area contributed by atoms with E-state index in [-0.39, 0.29) is 6.04 Å². The van der Waals surface area contributed by atoms with Gasteiger partial charge in [-0.25, -0.2) is 0 Å². The topological polar surface area (TPSA) is 61.4 Å². The molecule has 2 aliphatic heterocycles. The van der Waals surface area contributed by atoms with Crippen LogP contribution in [-0.4, -0.2) is 44.9 Å². The predicted molar refractivity (Wildman–Crippen MR) is 72.5 cm³/mol. The van der Waals surface area contributed by atoms with Gasteiger partial charge in [0.1, 0.15) is 0 Å². The molecule has 0 amide bonds. The summed E-state index contributed by atoms with van der Waals surface area (Å²) in [7, 11) is -3.31. The van der Waals surface area contributed by atoms with Crippen molar-refractivity contribution in [2.75, 3.05) is 26.2 Å². The van der Waals surface area contributed by atoms with E-state index in [1.54, 1.807) is 4.31 Å². The molecule has 0 aromatic carbocycles. The minimum absolute atomic E-state index is 0.0287. The summed E-state index contributed by atoms with van der Waals surface area (Å²) >= 11 is 0. The van der Waals surface area contributed by atoms with Crippen LogP contribution in [0.25, 0.3) is 0 Å². The lowest BCUT2D eigenvalue weighted by atomic mass is 9.96. The Morgan fingerprint density at radius 2 is 2.06 bits per heavy atom. The Morgan fingerprint density at radius 3 is 2.72 bits per heavy atom. The Hall–Kier alpha value is -0.170. The molecule has 5 nitrogen and oxygen atoms in total. The van der Waals surface area contributed by atoms with Gasteiger partial charge in [-0.2, -0.15) is 17.4 Å². The van der Waals surface area contributed by atoms with Gasteiger partial charge in [0.05, 0.1) is 0 Å². The van der Waals surface area contributed by atoms with Crippen LogP contribution < -0.4 is 10.0 Å². The zero-order valence-corrected chi connectivity index (χ0v) is 12.2. The maximum Gasteiger partial charge on any atom is 0.279 e. The van der Waals surface area contributed by atoms with Crippen LogP contribution in [0.4, 0.5) is 0 Å². The van der Waals surface area contributed by atoms with E-state index < -0.39 is 10.2 Å². The third kappa shape index (κ3) is 3.44. The molecule has 6 heteroatoms. The summed E-state index contributed by atoms with van der Waals surface area (Å²) in [5.74, 6) is 0.875. The highest BCUT2D eigenvalue weighted by molar-refractivity contribution is 7.87. The molecule has 0 spiro atoms. The van der Waals surface area contributed by atoms with E-state index in [2.05, 4.69) is 23.9 Å². The Balaban J connectivity index is 1.97. The number of hydrogen-bond acceptors (Lipinski definition) is 3. The normalized spacial score (nSPS) is 35.6. The average molecular weight is 275 g/mol. The van der Waals surface area contributed by atoms with Gasteiger partial charge in [-0.3, -0.25) is 0 Å². The molecule has 0 bridgehead atoms. The zero-order chi connectivity index (χ0) is 13.2. The van der Waals surface area contributed by atoms with Crippen LogP contribution in [0.1, 0.15) is 33.1 Å². The van der Waals surface area contributed by atoms with E-state index in [0.717, 1.165) is 32.4 Å². The molecule has 0 unspecified atom stereocenters. The molecular formula is C12H25N3O2S. The number of hydrogen-bond donors (Lipinski definition) is 2. The molecule has 0 radical (unpaired) electrons. The fraction of sp³-hybridized carbons (Fsp3) is 1.00. The Bertz CT molecular complexity index is 372. The SMILES string of the molecule is C[C@@H]1CCCN(S(=O)(=O)N[C@H]2CNCC[C@@H]2C)C1. The van der Waals surface area contributed by atoms with Crippen molar-refractivity contribution in [3.05, 3.63) is 0 Å². The lowest BCUT2D eigenvalue weighted by Gasteiger charge is -2.35. The minimum Gasteiger partial charge on any atom is -0.315 e. The molecule has 0 aliphatic carbocycles. The average Bonchev–Trinajstić information content (AvgIpc) is 2.32. The van der Waals surface area contributed by atoms with E-state index >= 15 is 0 Å². The number of piperidine rings is 2. The molecule has 0 aromatic rings. The molecule has 3 atom stereocenters. The van der Waals surface area contributed by atoms with E-state index in [0.29, 0.717) is 24.9 Å². The van der Waals surface area contributed by atoms with Crippen molar-refractivity contribution in [3.63, 3.8) is 0 Å². The van der Waals surface area contributed by atoms with Gasteiger partial charge in [0.25, 0.3) is 10.2 Å². The highest BCUT2D eigenvalue weighted by Gasteiger charge is 2.31. The van der Waals surface area contributed by atoms with Crippen LogP contribution >= 0.6 is 0 Å². The monoisotopic (exact) mass is 275 g/mol. The second-order valence-corrected chi connectivity index (χ2v) is 7.51. The maximum atomic E-state index is 12.3. The summed E-state index contributed by atoms with van der Waals surface area (Å²) in [6.45, 7) is 7.28. The van der Waals surface area contributed by atoms with Gasteiger partial charge in [0.2, 0.25) is 0 Å². The Labute approximate surface area is 110 Å². The van der Waals surface area contributed by atoms with E-state index in [1.165, 1.54) is 0 Å². The zero-order valence-electron chi connectivity index (χ0n) is 11.4. The highest BCUT2D eigenvalue weighted by atomic mass is 32.2. The summed E-state index contributed by atoms with van der Waals surface area (Å²) in [6.07, 6.45) is 3.14. The van der Waals surface area contributed by atoms with Crippen LogP contribution in [0.15, 0.2) is 0 Å². The minimum atomic E-state index is -3.31. The fourth-order valence-corrected chi connectivity index (χ4v) is 4.45. The highest BCUT2D eigenvalue weighted by Crippen LogP contribution is 2.19. The van der Waals surface area contributed by atoms with Crippen molar-refractivity contribution in [3.8, 4) is 0 Å². The molecule has 2 saturated heterocycles. The molecule has 0 aromatic heterocycles. The number of nitrogens with zero attached hydrogens (tertiary/aromatic N) is 1. The number of rotatable bonds is 3. The first-order chi connectivity index (χ1) is 8.49. The first-order valence-electron chi connectivity index (χ1n) is 6.97. The van der Waals surface area contributed by atoms with Crippen LogP contribution in [0.5, 0.6) is 0 Å². The van der Waals surface area contributed by atoms with Crippen LogP contribution in [-0.2, 0) is 10.2 Å². The van der Waals surface area contributed by atoms with Crippen LogP contribution in [0.2, 0.25) is 0 Å². The smallest absolute Gasteiger partial charge is 0.279 e. The molecule has 2 N–H and O–H groups in total. The molecular weight excluding hydrogens is 250 g/mol. The van der Waals surface area contributed by atoms with Crippen molar-refractivity contribution >= 4 is 10.2 Å². The third-order valence-electron chi connectivity index (χ3n) is 4.09. The second kappa shape index (κ2) is 5.86. The van der Waals surface area contributed by atoms with Gasteiger partial charge in [0, 0.05) is 25.7 Å². The van der Waals surface area contributed by atoms with Gasteiger partial charge in [0.15, 0.2) is 0 Å². The van der Waals surface area contributed by atoms with E-state index in [9.17, 15) is 8.42 Å². The first-order valence-corrected chi connectivity index (χ1v) is 8.41. The van der Waals surface area contributed by atoms with Crippen molar-refractivity contribution in [2.45, 2.75) is 39.2 Å². The molecule has 2 rings (SSSR count). The Kier molecular flexibility index (Phi) is 4.64. The van der Waals surface area contributed by atoms with Crippen molar-refractivity contribution in [2.24, 2.45) is 11.8 Å². The first kappa shape index (κ1) is 14.2.